The maximum absolute atomic E-state index is 9.45. The molecule has 0 radical (unpaired) electrons. The van der Waals surface area contributed by atoms with Gasteiger partial charge in [-0.15, -0.1) is 11.8 Å². The Bertz CT molecular complexity index is 721. The molecule has 0 saturated carbocycles. The van der Waals surface area contributed by atoms with Gasteiger partial charge in [0.25, 0.3) is 0 Å². The molecule has 1 heterocycles. The van der Waals surface area contributed by atoms with E-state index in [4.69, 9.17) is 0 Å². The molecule has 1 N–H and O–H groups in total. The third-order valence-electron chi connectivity index (χ3n) is 3.03. The summed E-state index contributed by atoms with van der Waals surface area (Å²) in [6, 6.07) is 15.5. The monoisotopic (exact) mass is 270 g/mol. The third-order valence-corrected chi connectivity index (χ3v) is 4.03. The largest absolute Gasteiger partial charge is 0.508 e. The Hall–Kier alpha value is -1.94. The van der Waals surface area contributed by atoms with E-state index in [0.717, 1.165) is 21.9 Å². The predicted octanol–water partition coefficient (Wildman–Crippen LogP) is 3.57. The third kappa shape index (κ3) is 2.44. The zero-order valence-corrected chi connectivity index (χ0v) is 11.4. The lowest BCUT2D eigenvalue weighted by Gasteiger charge is -2.00. The number of hydrogen-bond acceptors (Lipinski definition) is 3. The topological polar surface area (TPSA) is 38.0 Å². The van der Waals surface area contributed by atoms with E-state index in [9.17, 15) is 5.11 Å². The van der Waals surface area contributed by atoms with Crippen LogP contribution in [0.2, 0.25) is 0 Å². The molecule has 2 aromatic carbocycles. The maximum Gasteiger partial charge on any atom is 0.116 e. The minimum atomic E-state index is 0.302. The number of phenols is 1. The molecule has 0 aliphatic heterocycles. The molecule has 19 heavy (non-hydrogen) atoms. The first-order valence-electron chi connectivity index (χ1n) is 6.06. The lowest BCUT2D eigenvalue weighted by molar-refractivity contribution is 0.474. The van der Waals surface area contributed by atoms with Crippen LogP contribution < -0.4 is 0 Å². The highest BCUT2D eigenvalue weighted by molar-refractivity contribution is 7.98. The van der Waals surface area contributed by atoms with Crippen LogP contribution >= 0.6 is 11.8 Å². The van der Waals surface area contributed by atoms with Gasteiger partial charge in [0.1, 0.15) is 5.75 Å². The standard InChI is InChI=1S/C15H14N2OS/c1-17-15-8-3-2-7-13(15)14(16-17)10-19-12-6-4-5-11(18)9-12/h2-9,18H,10H2,1H3. The number of aromatic nitrogens is 2. The first-order valence-corrected chi connectivity index (χ1v) is 7.05. The fraction of sp³-hybridized carbons (Fsp3) is 0.133. The van der Waals surface area contributed by atoms with E-state index in [-0.39, 0.29) is 0 Å². The highest BCUT2D eigenvalue weighted by atomic mass is 32.2. The van der Waals surface area contributed by atoms with Crippen molar-refractivity contribution in [2.75, 3.05) is 0 Å². The molecule has 4 heteroatoms. The predicted molar refractivity (Wildman–Crippen MR) is 78.4 cm³/mol. The van der Waals surface area contributed by atoms with Crippen LogP contribution in [0.4, 0.5) is 0 Å². The van der Waals surface area contributed by atoms with Gasteiger partial charge in [0.2, 0.25) is 0 Å². The van der Waals surface area contributed by atoms with E-state index in [1.54, 1.807) is 23.9 Å². The lowest BCUT2D eigenvalue weighted by Crippen LogP contribution is -1.90. The number of nitrogens with zero attached hydrogens (tertiary/aromatic N) is 2. The van der Waals surface area contributed by atoms with Crippen LogP contribution in [0.25, 0.3) is 10.9 Å². The van der Waals surface area contributed by atoms with Crippen molar-refractivity contribution in [1.82, 2.24) is 9.78 Å². The van der Waals surface area contributed by atoms with Crippen molar-refractivity contribution >= 4 is 22.7 Å². The summed E-state index contributed by atoms with van der Waals surface area (Å²) in [6.07, 6.45) is 0. The van der Waals surface area contributed by atoms with Crippen LogP contribution in [0.1, 0.15) is 5.69 Å². The first-order chi connectivity index (χ1) is 9.24. The number of phenolic OH excluding ortho intramolecular Hbond substituents is 1. The van der Waals surface area contributed by atoms with E-state index in [0.29, 0.717) is 5.75 Å². The average Bonchev–Trinajstić information content (AvgIpc) is 2.74. The molecule has 1 aromatic heterocycles. The summed E-state index contributed by atoms with van der Waals surface area (Å²) in [4.78, 5) is 1.05. The lowest BCUT2D eigenvalue weighted by atomic mass is 10.2. The van der Waals surface area contributed by atoms with Gasteiger partial charge in [0.05, 0.1) is 11.2 Å². The van der Waals surface area contributed by atoms with Gasteiger partial charge in [-0.2, -0.15) is 5.10 Å². The summed E-state index contributed by atoms with van der Waals surface area (Å²) >= 11 is 1.68. The van der Waals surface area contributed by atoms with Crippen molar-refractivity contribution in [3.63, 3.8) is 0 Å². The second-order valence-electron chi connectivity index (χ2n) is 4.37. The van der Waals surface area contributed by atoms with Gasteiger partial charge in [-0.05, 0) is 24.3 Å². The molecule has 3 rings (SSSR count). The van der Waals surface area contributed by atoms with Crippen LogP contribution in [0.3, 0.4) is 0 Å². The van der Waals surface area contributed by atoms with Gasteiger partial charge in [0, 0.05) is 23.1 Å². The van der Waals surface area contributed by atoms with Crippen molar-refractivity contribution < 1.29 is 5.11 Å². The van der Waals surface area contributed by atoms with Crippen LogP contribution in [0.15, 0.2) is 53.4 Å². The molecule has 0 atom stereocenters. The molecule has 0 spiro atoms. The zero-order chi connectivity index (χ0) is 13.2. The van der Waals surface area contributed by atoms with E-state index in [1.807, 2.05) is 36.0 Å². The smallest absolute Gasteiger partial charge is 0.116 e. The normalized spacial score (nSPS) is 11.0. The fourth-order valence-corrected chi connectivity index (χ4v) is 3.02. The fourth-order valence-electron chi connectivity index (χ4n) is 2.12. The average molecular weight is 270 g/mol. The second-order valence-corrected chi connectivity index (χ2v) is 5.42. The van der Waals surface area contributed by atoms with Gasteiger partial charge >= 0.3 is 0 Å². The highest BCUT2D eigenvalue weighted by Crippen LogP contribution is 2.28. The molecule has 0 saturated heterocycles. The Kier molecular flexibility index (Phi) is 3.17. The van der Waals surface area contributed by atoms with Gasteiger partial charge in [-0.25, -0.2) is 0 Å². The van der Waals surface area contributed by atoms with Crippen molar-refractivity contribution in [2.24, 2.45) is 7.05 Å². The van der Waals surface area contributed by atoms with Crippen molar-refractivity contribution in [3.05, 3.63) is 54.2 Å². The van der Waals surface area contributed by atoms with Crippen molar-refractivity contribution in [3.8, 4) is 5.75 Å². The molecule has 0 unspecified atom stereocenters. The number of aromatic hydroxyl groups is 1. The van der Waals surface area contributed by atoms with Gasteiger partial charge in [0.15, 0.2) is 0 Å². The van der Waals surface area contributed by atoms with Crippen molar-refractivity contribution in [2.45, 2.75) is 10.6 Å². The van der Waals surface area contributed by atoms with E-state index < -0.39 is 0 Å². The Balaban J connectivity index is 1.86. The quantitative estimate of drug-likeness (QED) is 0.739. The highest BCUT2D eigenvalue weighted by Gasteiger charge is 2.08. The summed E-state index contributed by atoms with van der Waals surface area (Å²) in [5, 5.41) is 15.2. The first kappa shape index (κ1) is 12.1. The molecule has 0 aliphatic carbocycles. The number of para-hydroxylation sites is 1. The summed E-state index contributed by atoms with van der Waals surface area (Å²) in [5.41, 5.74) is 2.22. The Morgan fingerprint density at radius 3 is 2.84 bits per heavy atom. The molecule has 0 bridgehead atoms. The van der Waals surface area contributed by atoms with Gasteiger partial charge in [-0.3, -0.25) is 4.68 Å². The van der Waals surface area contributed by atoms with Crippen LogP contribution in [0.5, 0.6) is 5.75 Å². The summed E-state index contributed by atoms with van der Waals surface area (Å²) in [5.74, 6) is 1.10. The number of hydrogen-bond donors (Lipinski definition) is 1. The van der Waals surface area contributed by atoms with Crippen LogP contribution in [-0.4, -0.2) is 14.9 Å². The summed E-state index contributed by atoms with van der Waals surface area (Å²) in [7, 11) is 1.96. The maximum atomic E-state index is 9.45. The number of aryl methyl sites for hydroxylation is 1. The number of benzene rings is 2. The SMILES string of the molecule is Cn1nc(CSc2cccc(O)c2)c2ccccc21. The zero-order valence-electron chi connectivity index (χ0n) is 10.6. The van der Waals surface area contributed by atoms with Gasteiger partial charge in [-0.1, -0.05) is 24.3 Å². The molecule has 0 fully saturated rings. The van der Waals surface area contributed by atoms with E-state index in [1.165, 1.54) is 5.39 Å². The Labute approximate surface area is 115 Å². The Morgan fingerprint density at radius 2 is 2.00 bits per heavy atom. The Morgan fingerprint density at radius 1 is 1.16 bits per heavy atom. The minimum Gasteiger partial charge on any atom is -0.508 e. The molecular formula is C15H14N2OS. The molecule has 0 amide bonds. The molecule has 0 aliphatic rings. The second kappa shape index (κ2) is 4.97. The molecule has 3 aromatic rings. The van der Waals surface area contributed by atoms with Crippen molar-refractivity contribution in [1.29, 1.82) is 0 Å². The summed E-state index contributed by atoms with van der Waals surface area (Å²) in [6.45, 7) is 0. The number of fused-ring (bicyclic) bond motifs is 1. The van der Waals surface area contributed by atoms with E-state index in [2.05, 4.69) is 17.2 Å². The molecule has 3 nitrogen and oxygen atoms in total. The van der Waals surface area contributed by atoms with E-state index >= 15 is 0 Å². The molecule has 96 valence electrons. The molecular weight excluding hydrogens is 256 g/mol. The number of thioether (sulfide) groups is 1. The van der Waals surface area contributed by atoms with Gasteiger partial charge < -0.3 is 5.11 Å². The van der Waals surface area contributed by atoms with Crippen LogP contribution in [-0.2, 0) is 12.8 Å². The minimum absolute atomic E-state index is 0.302. The number of rotatable bonds is 3. The summed E-state index contributed by atoms with van der Waals surface area (Å²) < 4.78 is 1.91. The van der Waals surface area contributed by atoms with Crippen LogP contribution in [0, 0.1) is 0 Å².